The first-order chi connectivity index (χ1) is 13.5. The van der Waals surface area contributed by atoms with Crippen LogP contribution in [-0.4, -0.2) is 47.8 Å². The van der Waals surface area contributed by atoms with Crippen LogP contribution in [0.2, 0.25) is 0 Å². The van der Waals surface area contributed by atoms with E-state index in [-0.39, 0.29) is 17.0 Å². The summed E-state index contributed by atoms with van der Waals surface area (Å²) >= 11 is 0. The first-order valence-electron chi connectivity index (χ1n) is 8.90. The summed E-state index contributed by atoms with van der Waals surface area (Å²) in [6.45, 7) is 1.13. The van der Waals surface area contributed by atoms with Crippen molar-refractivity contribution in [1.82, 2.24) is 20.0 Å². The summed E-state index contributed by atoms with van der Waals surface area (Å²) in [4.78, 5) is 27.3. The number of aromatic nitrogens is 2. The number of carbonyl (C=O) groups excluding carboxylic acids is 1. The fourth-order valence-electron chi connectivity index (χ4n) is 2.52. The quantitative estimate of drug-likeness (QED) is 0.683. The van der Waals surface area contributed by atoms with Crippen LogP contribution >= 0.6 is 0 Å². The number of amides is 1. The molecule has 0 fully saturated rings. The van der Waals surface area contributed by atoms with E-state index in [0.29, 0.717) is 24.5 Å². The predicted octanol–water partition coefficient (Wildman–Crippen LogP) is 2.32. The average molecular weight is 378 g/mol. The second-order valence-corrected chi connectivity index (χ2v) is 6.42. The van der Waals surface area contributed by atoms with Crippen LogP contribution in [0.3, 0.4) is 0 Å². The maximum atomic E-state index is 12.7. The van der Waals surface area contributed by atoms with E-state index in [1.807, 2.05) is 43.3 Å². The molecule has 0 aliphatic rings. The predicted molar refractivity (Wildman–Crippen MR) is 107 cm³/mol. The van der Waals surface area contributed by atoms with E-state index in [1.165, 1.54) is 10.7 Å². The Morgan fingerprint density at radius 2 is 1.71 bits per heavy atom. The zero-order chi connectivity index (χ0) is 19.9. The van der Waals surface area contributed by atoms with Crippen LogP contribution in [0.25, 0.3) is 5.69 Å². The lowest BCUT2D eigenvalue weighted by molar-refractivity contribution is 0.0941. The number of nitrogens with one attached hydrogen (secondary N) is 1. The first kappa shape index (κ1) is 19.3. The molecule has 0 saturated heterocycles. The number of carbonyl (C=O) groups is 1. The third-order valence-corrected chi connectivity index (χ3v) is 3.93. The minimum Gasteiger partial charge on any atom is -0.455 e. The zero-order valence-electron chi connectivity index (χ0n) is 15.8. The van der Waals surface area contributed by atoms with Crippen LogP contribution in [0.1, 0.15) is 10.5 Å². The molecule has 28 heavy (non-hydrogen) atoms. The van der Waals surface area contributed by atoms with E-state index in [2.05, 4.69) is 10.4 Å². The molecular formula is C21H22N4O3. The average Bonchev–Trinajstić information content (AvgIpc) is 2.69. The highest BCUT2D eigenvalue weighted by molar-refractivity contribution is 5.94. The van der Waals surface area contributed by atoms with Gasteiger partial charge in [0.25, 0.3) is 11.5 Å². The molecule has 0 radical (unpaired) electrons. The normalized spacial score (nSPS) is 10.7. The number of rotatable bonds is 7. The molecule has 0 aliphatic carbocycles. The van der Waals surface area contributed by atoms with Crippen LogP contribution in [0, 0.1) is 0 Å². The molecule has 0 aliphatic heterocycles. The molecule has 7 nitrogen and oxygen atoms in total. The van der Waals surface area contributed by atoms with Gasteiger partial charge in [0.1, 0.15) is 5.75 Å². The van der Waals surface area contributed by atoms with Gasteiger partial charge in [-0.2, -0.15) is 9.78 Å². The van der Waals surface area contributed by atoms with Crippen molar-refractivity contribution >= 4 is 5.91 Å². The Morgan fingerprint density at radius 3 is 2.36 bits per heavy atom. The van der Waals surface area contributed by atoms with Gasteiger partial charge in [-0.25, -0.2) is 0 Å². The number of hydrogen-bond donors (Lipinski definition) is 1. The van der Waals surface area contributed by atoms with Crippen molar-refractivity contribution in [1.29, 1.82) is 0 Å². The number of hydrogen-bond acceptors (Lipinski definition) is 5. The standard InChI is InChI=1S/C21H22N4O3/c1-24(2)14-13-22-21(27)20-18(28-17-11-7-4-8-12-17)15-19(26)25(23-20)16-9-5-3-6-10-16/h3-12,15H,13-14H2,1-2H3,(H,22,27). The molecule has 1 heterocycles. The second-order valence-electron chi connectivity index (χ2n) is 6.42. The van der Waals surface area contributed by atoms with Crippen molar-refractivity contribution in [3.8, 4) is 17.2 Å². The molecule has 7 heteroatoms. The van der Waals surface area contributed by atoms with Crippen molar-refractivity contribution in [2.45, 2.75) is 0 Å². The van der Waals surface area contributed by atoms with Gasteiger partial charge < -0.3 is 15.0 Å². The van der Waals surface area contributed by atoms with Crippen LogP contribution < -0.4 is 15.6 Å². The molecule has 1 aromatic heterocycles. The Kier molecular flexibility index (Phi) is 6.18. The summed E-state index contributed by atoms with van der Waals surface area (Å²) in [6, 6.07) is 19.2. The van der Waals surface area contributed by atoms with Gasteiger partial charge >= 0.3 is 0 Å². The minimum atomic E-state index is -0.405. The third-order valence-electron chi connectivity index (χ3n) is 3.93. The largest absolute Gasteiger partial charge is 0.455 e. The molecule has 2 aromatic carbocycles. The lowest BCUT2D eigenvalue weighted by atomic mass is 10.3. The topological polar surface area (TPSA) is 76.5 Å². The summed E-state index contributed by atoms with van der Waals surface area (Å²) in [5.41, 5.74) is 0.231. The maximum absolute atomic E-state index is 12.7. The van der Waals surface area contributed by atoms with Crippen molar-refractivity contribution in [3.05, 3.63) is 82.8 Å². The first-order valence-corrected chi connectivity index (χ1v) is 8.90. The molecular weight excluding hydrogens is 356 g/mol. The van der Waals surface area contributed by atoms with E-state index in [0.717, 1.165) is 0 Å². The fourth-order valence-corrected chi connectivity index (χ4v) is 2.52. The molecule has 3 rings (SSSR count). The molecule has 1 amide bonds. The van der Waals surface area contributed by atoms with Crippen LogP contribution in [0.4, 0.5) is 0 Å². The highest BCUT2D eigenvalue weighted by atomic mass is 16.5. The molecule has 0 unspecified atom stereocenters. The van der Waals surface area contributed by atoms with Gasteiger partial charge in [-0.15, -0.1) is 0 Å². The van der Waals surface area contributed by atoms with Gasteiger partial charge in [-0.1, -0.05) is 36.4 Å². The molecule has 0 saturated carbocycles. The van der Waals surface area contributed by atoms with E-state index in [4.69, 9.17) is 4.74 Å². The highest BCUT2D eigenvalue weighted by Gasteiger charge is 2.19. The van der Waals surface area contributed by atoms with Crippen LogP contribution in [-0.2, 0) is 0 Å². The van der Waals surface area contributed by atoms with Gasteiger partial charge in [0.15, 0.2) is 11.4 Å². The van der Waals surface area contributed by atoms with Crippen LogP contribution in [0.5, 0.6) is 11.5 Å². The van der Waals surface area contributed by atoms with Crippen molar-refractivity contribution in [2.75, 3.05) is 27.2 Å². The summed E-state index contributed by atoms with van der Waals surface area (Å²) < 4.78 is 6.98. The Labute approximate surface area is 163 Å². The molecule has 0 bridgehead atoms. The lowest BCUT2D eigenvalue weighted by Gasteiger charge is -2.14. The van der Waals surface area contributed by atoms with E-state index >= 15 is 0 Å². The Hall–Kier alpha value is -3.45. The number of nitrogens with zero attached hydrogens (tertiary/aromatic N) is 3. The monoisotopic (exact) mass is 378 g/mol. The molecule has 3 aromatic rings. The van der Waals surface area contributed by atoms with Crippen molar-refractivity contribution < 1.29 is 9.53 Å². The van der Waals surface area contributed by atoms with Gasteiger partial charge in [-0.05, 0) is 38.4 Å². The minimum absolute atomic E-state index is 0.0473. The maximum Gasteiger partial charge on any atom is 0.275 e. The van der Waals surface area contributed by atoms with Crippen molar-refractivity contribution in [3.63, 3.8) is 0 Å². The Morgan fingerprint density at radius 1 is 1.07 bits per heavy atom. The lowest BCUT2D eigenvalue weighted by Crippen LogP contribution is -2.34. The molecule has 144 valence electrons. The smallest absolute Gasteiger partial charge is 0.275 e. The van der Waals surface area contributed by atoms with Gasteiger partial charge in [0, 0.05) is 13.1 Å². The molecule has 0 atom stereocenters. The number of benzene rings is 2. The zero-order valence-corrected chi connectivity index (χ0v) is 15.8. The summed E-state index contributed by atoms with van der Waals surface area (Å²) in [5, 5.41) is 7.11. The van der Waals surface area contributed by atoms with E-state index < -0.39 is 5.91 Å². The fraction of sp³-hybridized carbons (Fsp3) is 0.190. The third kappa shape index (κ3) is 4.83. The summed E-state index contributed by atoms with van der Waals surface area (Å²) in [7, 11) is 3.84. The Balaban J connectivity index is 1.99. The summed E-state index contributed by atoms with van der Waals surface area (Å²) in [5.74, 6) is 0.228. The Bertz CT molecular complexity index is 986. The number of para-hydroxylation sites is 2. The van der Waals surface area contributed by atoms with Gasteiger partial charge in [0.05, 0.1) is 11.8 Å². The van der Waals surface area contributed by atoms with E-state index in [1.54, 1.807) is 36.4 Å². The SMILES string of the molecule is CN(C)CCNC(=O)c1nn(-c2ccccc2)c(=O)cc1Oc1ccccc1. The highest BCUT2D eigenvalue weighted by Crippen LogP contribution is 2.23. The molecule has 0 spiro atoms. The van der Waals surface area contributed by atoms with E-state index in [9.17, 15) is 9.59 Å². The molecule has 1 N–H and O–H groups in total. The van der Waals surface area contributed by atoms with Crippen LogP contribution in [0.15, 0.2) is 71.5 Å². The van der Waals surface area contributed by atoms with Gasteiger partial charge in [0.2, 0.25) is 0 Å². The number of ether oxygens (including phenoxy) is 1. The second kappa shape index (κ2) is 8.96. The van der Waals surface area contributed by atoms with Crippen molar-refractivity contribution in [2.24, 2.45) is 0 Å². The summed E-state index contributed by atoms with van der Waals surface area (Å²) in [6.07, 6.45) is 0. The number of likely N-dealkylation sites (N-methyl/N-ethyl adjacent to an activating group) is 1. The van der Waals surface area contributed by atoms with Gasteiger partial charge in [-0.3, -0.25) is 9.59 Å².